The highest BCUT2D eigenvalue weighted by molar-refractivity contribution is 7.18. The van der Waals surface area contributed by atoms with Crippen LogP contribution in [0.15, 0.2) is 0 Å². The van der Waals surface area contributed by atoms with Crippen LogP contribution in [-0.4, -0.2) is 22.5 Å². The molecule has 0 fully saturated rings. The summed E-state index contributed by atoms with van der Waals surface area (Å²) in [5, 5.41) is 1.29. The van der Waals surface area contributed by atoms with Gasteiger partial charge in [0.05, 0.1) is 12.0 Å². The first-order valence-electron chi connectivity index (χ1n) is 5.60. The van der Waals surface area contributed by atoms with E-state index in [9.17, 15) is 4.79 Å². The standard InChI is InChI=1S/C12H13ClN2O2S/c1-4-17-9(16)5-8-14-11(13)10-6(2)7(3)18-12(10)15-8/h4-5H2,1-3H3. The second kappa shape index (κ2) is 5.20. The lowest BCUT2D eigenvalue weighted by Gasteiger charge is -2.02. The molecule has 2 aromatic rings. The quantitative estimate of drug-likeness (QED) is 0.642. The van der Waals surface area contributed by atoms with Crippen LogP contribution in [0.1, 0.15) is 23.2 Å². The number of hydrogen-bond donors (Lipinski definition) is 0. The lowest BCUT2D eigenvalue weighted by molar-refractivity contribution is -0.142. The van der Waals surface area contributed by atoms with Gasteiger partial charge >= 0.3 is 5.97 Å². The van der Waals surface area contributed by atoms with Crippen molar-refractivity contribution >= 4 is 39.1 Å². The van der Waals surface area contributed by atoms with Gasteiger partial charge in [-0.25, -0.2) is 9.97 Å². The van der Waals surface area contributed by atoms with Gasteiger partial charge in [0.1, 0.15) is 22.2 Å². The zero-order valence-electron chi connectivity index (χ0n) is 10.4. The van der Waals surface area contributed by atoms with Crippen LogP contribution >= 0.6 is 22.9 Å². The summed E-state index contributed by atoms with van der Waals surface area (Å²) in [6.45, 7) is 6.13. The van der Waals surface area contributed by atoms with Crippen LogP contribution in [0.25, 0.3) is 10.2 Å². The second-order valence-corrected chi connectivity index (χ2v) is 5.44. The summed E-state index contributed by atoms with van der Waals surface area (Å²) >= 11 is 7.70. The first kappa shape index (κ1) is 13.2. The molecule has 0 saturated carbocycles. The van der Waals surface area contributed by atoms with Gasteiger partial charge in [-0.3, -0.25) is 4.79 Å². The lowest BCUT2D eigenvalue weighted by Crippen LogP contribution is -2.10. The number of aryl methyl sites for hydroxylation is 2. The van der Waals surface area contributed by atoms with Crippen LogP contribution in [0.2, 0.25) is 5.15 Å². The van der Waals surface area contributed by atoms with Gasteiger partial charge in [-0.05, 0) is 26.3 Å². The predicted octanol–water partition coefficient (Wildman–Crippen LogP) is 3.07. The Morgan fingerprint density at radius 3 is 2.78 bits per heavy atom. The van der Waals surface area contributed by atoms with Crippen LogP contribution in [-0.2, 0) is 16.0 Å². The maximum atomic E-state index is 11.4. The van der Waals surface area contributed by atoms with E-state index in [4.69, 9.17) is 16.3 Å². The van der Waals surface area contributed by atoms with Gasteiger partial charge in [-0.15, -0.1) is 11.3 Å². The molecule has 0 aliphatic carbocycles. The number of nitrogens with zero attached hydrogens (tertiary/aromatic N) is 2. The molecule has 0 aliphatic heterocycles. The Bertz CT molecular complexity index is 610. The monoisotopic (exact) mass is 284 g/mol. The third-order valence-corrected chi connectivity index (χ3v) is 4.01. The topological polar surface area (TPSA) is 52.1 Å². The number of carbonyl (C=O) groups excluding carboxylic acids is 1. The van der Waals surface area contributed by atoms with Gasteiger partial charge in [0.15, 0.2) is 0 Å². The van der Waals surface area contributed by atoms with Gasteiger partial charge in [0.2, 0.25) is 0 Å². The van der Waals surface area contributed by atoms with Crippen molar-refractivity contribution in [3.8, 4) is 0 Å². The predicted molar refractivity (Wildman–Crippen MR) is 72.2 cm³/mol. The molecule has 0 unspecified atom stereocenters. The maximum absolute atomic E-state index is 11.4. The molecular formula is C12H13ClN2O2S. The minimum Gasteiger partial charge on any atom is -0.466 e. The Hall–Kier alpha value is -1.20. The molecule has 96 valence electrons. The Kier molecular flexibility index (Phi) is 3.82. The largest absolute Gasteiger partial charge is 0.466 e. The van der Waals surface area contributed by atoms with Crippen molar-refractivity contribution in [2.24, 2.45) is 0 Å². The van der Waals surface area contributed by atoms with Gasteiger partial charge in [-0.1, -0.05) is 11.6 Å². The van der Waals surface area contributed by atoms with E-state index < -0.39 is 0 Å². The normalized spacial score (nSPS) is 10.9. The number of thiophene rings is 1. The van der Waals surface area contributed by atoms with Crippen LogP contribution in [0.3, 0.4) is 0 Å². The summed E-state index contributed by atoms with van der Waals surface area (Å²) < 4.78 is 4.87. The van der Waals surface area contributed by atoms with Crippen molar-refractivity contribution in [1.29, 1.82) is 0 Å². The number of fused-ring (bicyclic) bond motifs is 1. The molecule has 4 nitrogen and oxygen atoms in total. The number of esters is 1. The van der Waals surface area contributed by atoms with Gasteiger partial charge in [0.25, 0.3) is 0 Å². The zero-order valence-corrected chi connectivity index (χ0v) is 12.0. The van der Waals surface area contributed by atoms with Gasteiger partial charge in [-0.2, -0.15) is 0 Å². The molecule has 0 bridgehead atoms. The average Bonchev–Trinajstić information content (AvgIpc) is 2.55. The Balaban J connectivity index is 2.40. The van der Waals surface area contributed by atoms with E-state index in [0.717, 1.165) is 20.7 Å². The zero-order chi connectivity index (χ0) is 13.3. The van der Waals surface area contributed by atoms with E-state index in [2.05, 4.69) is 9.97 Å². The van der Waals surface area contributed by atoms with E-state index >= 15 is 0 Å². The Morgan fingerprint density at radius 1 is 1.39 bits per heavy atom. The Morgan fingerprint density at radius 2 is 2.11 bits per heavy atom. The van der Waals surface area contributed by atoms with Gasteiger partial charge in [0, 0.05) is 4.88 Å². The van der Waals surface area contributed by atoms with Crippen molar-refractivity contribution in [3.05, 3.63) is 21.4 Å². The highest BCUT2D eigenvalue weighted by Gasteiger charge is 2.15. The fourth-order valence-corrected chi connectivity index (χ4v) is 3.10. The van der Waals surface area contributed by atoms with Crippen molar-refractivity contribution in [2.45, 2.75) is 27.2 Å². The second-order valence-electron chi connectivity index (χ2n) is 3.88. The van der Waals surface area contributed by atoms with E-state index in [1.807, 2.05) is 13.8 Å². The smallest absolute Gasteiger partial charge is 0.313 e. The fourth-order valence-electron chi connectivity index (χ4n) is 1.66. The van der Waals surface area contributed by atoms with Crippen molar-refractivity contribution < 1.29 is 9.53 Å². The van der Waals surface area contributed by atoms with E-state index in [1.54, 1.807) is 18.3 Å². The third kappa shape index (κ3) is 2.47. The molecule has 0 radical (unpaired) electrons. The van der Waals surface area contributed by atoms with Crippen molar-refractivity contribution in [1.82, 2.24) is 9.97 Å². The summed E-state index contributed by atoms with van der Waals surface area (Å²) in [5.74, 6) is 0.0742. The highest BCUT2D eigenvalue weighted by atomic mass is 35.5. The Labute approximate surface area is 114 Å². The molecule has 2 rings (SSSR count). The number of aromatic nitrogens is 2. The molecule has 0 atom stereocenters. The molecule has 0 spiro atoms. The minimum atomic E-state index is -0.335. The van der Waals surface area contributed by atoms with Crippen LogP contribution < -0.4 is 0 Å². The first-order valence-corrected chi connectivity index (χ1v) is 6.80. The first-order chi connectivity index (χ1) is 8.52. The molecule has 0 aliphatic rings. The van der Waals surface area contributed by atoms with Crippen LogP contribution in [0, 0.1) is 13.8 Å². The van der Waals surface area contributed by atoms with E-state index in [0.29, 0.717) is 17.6 Å². The molecule has 18 heavy (non-hydrogen) atoms. The average molecular weight is 285 g/mol. The molecule has 2 heterocycles. The number of halogens is 1. The van der Waals surface area contributed by atoms with Crippen molar-refractivity contribution in [2.75, 3.05) is 6.61 Å². The molecule has 0 aromatic carbocycles. The molecule has 0 amide bonds. The van der Waals surface area contributed by atoms with Crippen molar-refractivity contribution in [3.63, 3.8) is 0 Å². The van der Waals surface area contributed by atoms with E-state index in [1.165, 1.54) is 0 Å². The maximum Gasteiger partial charge on any atom is 0.313 e. The summed E-state index contributed by atoms with van der Waals surface area (Å²) in [6.07, 6.45) is 0.0551. The van der Waals surface area contributed by atoms with Crippen LogP contribution in [0.5, 0.6) is 0 Å². The summed E-state index contributed by atoms with van der Waals surface area (Å²) in [4.78, 5) is 21.9. The summed E-state index contributed by atoms with van der Waals surface area (Å²) in [5.41, 5.74) is 1.10. The number of hydrogen-bond acceptors (Lipinski definition) is 5. The van der Waals surface area contributed by atoms with E-state index in [-0.39, 0.29) is 12.4 Å². The summed E-state index contributed by atoms with van der Waals surface area (Å²) in [6, 6.07) is 0. The number of rotatable bonds is 3. The summed E-state index contributed by atoms with van der Waals surface area (Å²) in [7, 11) is 0. The van der Waals surface area contributed by atoms with Gasteiger partial charge < -0.3 is 4.74 Å². The fraction of sp³-hybridized carbons (Fsp3) is 0.417. The molecule has 0 saturated heterocycles. The lowest BCUT2D eigenvalue weighted by atomic mass is 10.2. The van der Waals surface area contributed by atoms with Crippen LogP contribution in [0.4, 0.5) is 0 Å². The number of ether oxygens (including phenoxy) is 1. The number of carbonyl (C=O) groups is 1. The molecule has 6 heteroatoms. The minimum absolute atomic E-state index is 0.0551. The molecular weight excluding hydrogens is 272 g/mol. The SMILES string of the molecule is CCOC(=O)Cc1nc(Cl)c2c(C)c(C)sc2n1. The third-order valence-electron chi connectivity index (χ3n) is 2.64. The highest BCUT2D eigenvalue weighted by Crippen LogP contribution is 2.32. The molecule has 2 aromatic heterocycles. The molecule has 0 N–H and O–H groups in total.